The number of nitrogens with zero attached hydrogens (tertiary/aromatic N) is 1. The van der Waals surface area contributed by atoms with Crippen molar-refractivity contribution >= 4 is 5.91 Å². The molecule has 0 unspecified atom stereocenters. The molecule has 0 aromatic heterocycles. The Morgan fingerprint density at radius 3 is 2.53 bits per heavy atom. The molecule has 0 radical (unpaired) electrons. The van der Waals surface area contributed by atoms with Crippen LogP contribution in [0.2, 0.25) is 0 Å². The summed E-state index contributed by atoms with van der Waals surface area (Å²) in [5.74, 6) is 0.430. The number of hydrogen-bond donors (Lipinski definition) is 1. The normalized spacial score (nSPS) is 23.5. The molecule has 0 aromatic rings. The summed E-state index contributed by atoms with van der Waals surface area (Å²) in [6.45, 7) is 10.5. The van der Waals surface area contributed by atoms with Crippen molar-refractivity contribution in [3.05, 3.63) is 0 Å². The number of nitrogens with one attached hydrogen (secondary N) is 1. The highest BCUT2D eigenvalue weighted by Gasteiger charge is 2.26. The Labute approximate surface area is 93.2 Å². The number of amides is 1. The topological polar surface area (TPSA) is 32.3 Å². The molecule has 15 heavy (non-hydrogen) atoms. The van der Waals surface area contributed by atoms with Crippen LogP contribution in [0, 0.1) is 5.92 Å². The summed E-state index contributed by atoms with van der Waals surface area (Å²) in [5, 5.41) is 3.01. The zero-order valence-electron chi connectivity index (χ0n) is 10.4. The van der Waals surface area contributed by atoms with Gasteiger partial charge in [-0.3, -0.25) is 4.79 Å². The SMILES string of the molecule is CC(C)NC(=O)[C@@H]1CCCN(C(C)C)C1. The monoisotopic (exact) mass is 212 g/mol. The van der Waals surface area contributed by atoms with Crippen LogP contribution in [-0.4, -0.2) is 36.0 Å². The zero-order valence-corrected chi connectivity index (χ0v) is 10.4. The van der Waals surface area contributed by atoms with Gasteiger partial charge in [0.2, 0.25) is 5.91 Å². The molecule has 1 N–H and O–H groups in total. The molecule has 1 atom stereocenters. The second-order valence-electron chi connectivity index (χ2n) is 5.09. The zero-order chi connectivity index (χ0) is 11.4. The predicted molar refractivity (Wildman–Crippen MR) is 62.7 cm³/mol. The van der Waals surface area contributed by atoms with Gasteiger partial charge in [0.05, 0.1) is 5.92 Å². The molecule has 88 valence electrons. The first-order valence-corrected chi connectivity index (χ1v) is 6.05. The maximum Gasteiger partial charge on any atom is 0.224 e. The van der Waals surface area contributed by atoms with Gasteiger partial charge in [-0.25, -0.2) is 0 Å². The molecule has 0 spiro atoms. The minimum absolute atomic E-state index is 0.198. The molecule has 3 nitrogen and oxygen atoms in total. The molecule has 0 bridgehead atoms. The van der Waals surface area contributed by atoms with Gasteiger partial charge in [0.15, 0.2) is 0 Å². The molecule has 0 aromatic carbocycles. The van der Waals surface area contributed by atoms with Crippen LogP contribution in [0.4, 0.5) is 0 Å². The number of likely N-dealkylation sites (tertiary alicyclic amines) is 1. The molecule has 1 fully saturated rings. The first kappa shape index (κ1) is 12.5. The Bertz CT molecular complexity index is 214. The largest absolute Gasteiger partial charge is 0.354 e. The van der Waals surface area contributed by atoms with Crippen molar-refractivity contribution in [2.24, 2.45) is 5.92 Å². The van der Waals surface area contributed by atoms with Gasteiger partial charge < -0.3 is 10.2 Å². The molecule has 0 aliphatic carbocycles. The lowest BCUT2D eigenvalue weighted by atomic mass is 9.96. The molecule has 3 heteroatoms. The summed E-state index contributed by atoms with van der Waals surface area (Å²) in [7, 11) is 0. The summed E-state index contributed by atoms with van der Waals surface area (Å²) in [6.07, 6.45) is 2.19. The second kappa shape index (κ2) is 5.50. The third kappa shape index (κ3) is 3.82. The van der Waals surface area contributed by atoms with Gasteiger partial charge in [-0.15, -0.1) is 0 Å². The molecular formula is C12H24N2O. The van der Waals surface area contributed by atoms with E-state index in [1.807, 2.05) is 13.8 Å². The van der Waals surface area contributed by atoms with E-state index in [9.17, 15) is 4.79 Å². The van der Waals surface area contributed by atoms with Crippen molar-refractivity contribution in [3.63, 3.8) is 0 Å². The number of carbonyl (C=O) groups excluding carboxylic acids is 1. The van der Waals surface area contributed by atoms with Gasteiger partial charge in [-0.05, 0) is 47.1 Å². The molecule has 1 amide bonds. The quantitative estimate of drug-likeness (QED) is 0.771. The van der Waals surface area contributed by atoms with Gasteiger partial charge in [-0.1, -0.05) is 0 Å². The van der Waals surface area contributed by atoms with Crippen LogP contribution in [0.15, 0.2) is 0 Å². The van der Waals surface area contributed by atoms with E-state index in [1.165, 1.54) is 0 Å². The first-order valence-electron chi connectivity index (χ1n) is 6.05. The lowest BCUT2D eigenvalue weighted by Crippen LogP contribution is -2.46. The van der Waals surface area contributed by atoms with Gasteiger partial charge in [0, 0.05) is 18.6 Å². The van der Waals surface area contributed by atoms with Crippen LogP contribution in [0.1, 0.15) is 40.5 Å². The highest BCUT2D eigenvalue weighted by atomic mass is 16.2. The van der Waals surface area contributed by atoms with Crippen molar-refractivity contribution in [1.29, 1.82) is 0 Å². The average Bonchev–Trinajstić information content (AvgIpc) is 2.17. The van der Waals surface area contributed by atoms with Crippen molar-refractivity contribution in [2.75, 3.05) is 13.1 Å². The standard InChI is InChI=1S/C12H24N2O/c1-9(2)13-12(15)11-6-5-7-14(8-11)10(3)4/h9-11H,5-8H2,1-4H3,(H,13,15)/t11-/m1/s1. The smallest absolute Gasteiger partial charge is 0.224 e. The Morgan fingerprint density at radius 1 is 1.33 bits per heavy atom. The van der Waals surface area contributed by atoms with Crippen LogP contribution >= 0.6 is 0 Å². The summed E-state index contributed by atoms with van der Waals surface area (Å²) in [6, 6.07) is 0.812. The number of rotatable bonds is 3. The van der Waals surface area contributed by atoms with Gasteiger partial charge >= 0.3 is 0 Å². The number of carbonyl (C=O) groups is 1. The Balaban J connectivity index is 2.45. The van der Waals surface area contributed by atoms with Gasteiger partial charge in [-0.2, -0.15) is 0 Å². The van der Waals surface area contributed by atoms with Crippen molar-refractivity contribution < 1.29 is 4.79 Å². The highest BCUT2D eigenvalue weighted by Crippen LogP contribution is 2.18. The van der Waals surface area contributed by atoms with E-state index in [1.54, 1.807) is 0 Å². The molecular weight excluding hydrogens is 188 g/mol. The van der Waals surface area contributed by atoms with E-state index >= 15 is 0 Å². The summed E-state index contributed by atoms with van der Waals surface area (Å²) < 4.78 is 0. The molecule has 1 rings (SSSR count). The van der Waals surface area contributed by atoms with E-state index in [2.05, 4.69) is 24.1 Å². The second-order valence-corrected chi connectivity index (χ2v) is 5.09. The lowest BCUT2D eigenvalue weighted by molar-refractivity contribution is -0.127. The molecule has 1 heterocycles. The summed E-state index contributed by atoms with van der Waals surface area (Å²) in [5.41, 5.74) is 0. The number of piperidine rings is 1. The van der Waals surface area contributed by atoms with Crippen molar-refractivity contribution in [3.8, 4) is 0 Å². The summed E-state index contributed by atoms with van der Waals surface area (Å²) >= 11 is 0. The van der Waals surface area contributed by atoms with E-state index in [4.69, 9.17) is 0 Å². The van der Waals surface area contributed by atoms with E-state index in [0.717, 1.165) is 25.9 Å². The van der Waals surface area contributed by atoms with Gasteiger partial charge in [0.25, 0.3) is 0 Å². The lowest BCUT2D eigenvalue weighted by Gasteiger charge is -2.35. The molecule has 0 saturated carbocycles. The fourth-order valence-electron chi connectivity index (χ4n) is 2.09. The number of hydrogen-bond acceptors (Lipinski definition) is 2. The predicted octanol–water partition coefficient (Wildman–Crippen LogP) is 1.63. The average molecular weight is 212 g/mol. The van der Waals surface area contributed by atoms with Crippen molar-refractivity contribution in [2.45, 2.75) is 52.6 Å². The Hall–Kier alpha value is -0.570. The minimum atomic E-state index is 0.198. The molecule has 1 aliphatic rings. The Kier molecular flexibility index (Phi) is 4.58. The van der Waals surface area contributed by atoms with Crippen LogP contribution in [0.5, 0.6) is 0 Å². The van der Waals surface area contributed by atoms with Crippen LogP contribution in [0.3, 0.4) is 0 Å². The van der Waals surface area contributed by atoms with Gasteiger partial charge in [0.1, 0.15) is 0 Å². The maximum atomic E-state index is 11.8. The summed E-state index contributed by atoms with van der Waals surface area (Å²) in [4.78, 5) is 14.2. The first-order chi connectivity index (χ1) is 7.00. The van der Waals surface area contributed by atoms with Crippen molar-refractivity contribution in [1.82, 2.24) is 10.2 Å². The third-order valence-electron chi connectivity index (χ3n) is 2.98. The Morgan fingerprint density at radius 2 is 2.00 bits per heavy atom. The van der Waals surface area contributed by atoms with Crippen LogP contribution < -0.4 is 5.32 Å². The fraction of sp³-hybridized carbons (Fsp3) is 0.917. The highest BCUT2D eigenvalue weighted by molar-refractivity contribution is 5.79. The third-order valence-corrected chi connectivity index (χ3v) is 2.98. The van der Waals surface area contributed by atoms with E-state index in [-0.39, 0.29) is 17.9 Å². The van der Waals surface area contributed by atoms with Crippen LogP contribution in [-0.2, 0) is 4.79 Å². The fourth-order valence-corrected chi connectivity index (χ4v) is 2.09. The maximum absolute atomic E-state index is 11.8. The molecule has 1 aliphatic heterocycles. The van der Waals surface area contributed by atoms with E-state index < -0.39 is 0 Å². The molecule has 1 saturated heterocycles. The minimum Gasteiger partial charge on any atom is -0.354 e. The van der Waals surface area contributed by atoms with E-state index in [0.29, 0.717) is 6.04 Å². The van der Waals surface area contributed by atoms with Crippen LogP contribution in [0.25, 0.3) is 0 Å².